The maximum Gasteiger partial charge on any atom is 0.360 e. The maximum absolute atomic E-state index is 12.5. The Morgan fingerprint density at radius 1 is 0.867 bits per heavy atom. The van der Waals surface area contributed by atoms with Gasteiger partial charge >= 0.3 is 5.97 Å². The van der Waals surface area contributed by atoms with Crippen LogP contribution in [0.25, 0.3) is 0 Å². The summed E-state index contributed by atoms with van der Waals surface area (Å²) in [4.78, 5) is 12.5. The van der Waals surface area contributed by atoms with Crippen LogP contribution in [0.3, 0.4) is 0 Å². The molecule has 0 amide bonds. The number of ether oxygens (including phenoxy) is 1. The molecule has 0 saturated carbocycles. The van der Waals surface area contributed by atoms with Crippen molar-refractivity contribution in [2.45, 2.75) is 12.5 Å². The predicted molar refractivity (Wildman–Crippen MR) is 120 cm³/mol. The molecule has 0 aliphatic heterocycles. The van der Waals surface area contributed by atoms with E-state index in [1.165, 1.54) is 0 Å². The van der Waals surface area contributed by atoms with E-state index in [4.69, 9.17) is 9.84 Å². The Labute approximate surface area is 184 Å². The third-order valence-electron chi connectivity index (χ3n) is 5.06. The fourth-order valence-electron chi connectivity index (χ4n) is 3.80. The highest BCUT2D eigenvalue weighted by atomic mass is 79.9. The summed E-state index contributed by atoms with van der Waals surface area (Å²) in [5.41, 5.74) is 2.59. The molecule has 0 radical (unpaired) electrons. The van der Waals surface area contributed by atoms with Gasteiger partial charge in [-0.15, -0.1) is 0 Å². The number of hydrogen-bond donors (Lipinski definition) is 0. The van der Waals surface area contributed by atoms with Gasteiger partial charge in [-0.05, 0) is 39.5 Å². The van der Waals surface area contributed by atoms with Crippen molar-refractivity contribution in [3.63, 3.8) is 0 Å². The van der Waals surface area contributed by atoms with E-state index >= 15 is 0 Å². The maximum atomic E-state index is 12.5. The van der Waals surface area contributed by atoms with Crippen molar-refractivity contribution in [3.05, 3.63) is 124 Å². The number of esters is 1. The highest BCUT2D eigenvalue weighted by molar-refractivity contribution is 9.10. The molecule has 0 atom stereocenters. The number of hydrogen-bond acceptors (Lipinski definition) is 3. The third kappa shape index (κ3) is 3.46. The summed E-state index contributed by atoms with van der Waals surface area (Å²) < 4.78 is 7.65. The van der Waals surface area contributed by atoms with Crippen LogP contribution in [-0.4, -0.2) is 22.4 Å². The molecule has 150 valence electrons. The van der Waals surface area contributed by atoms with E-state index in [0.717, 1.165) is 16.7 Å². The number of carbonyl (C=O) groups excluding carboxylic acids is 1. The second-order valence-electron chi connectivity index (χ2n) is 6.80. The van der Waals surface area contributed by atoms with Gasteiger partial charge in [0.05, 0.1) is 11.1 Å². The van der Waals surface area contributed by atoms with Gasteiger partial charge in [0.2, 0.25) is 0 Å². The van der Waals surface area contributed by atoms with Gasteiger partial charge in [-0.1, -0.05) is 91.0 Å². The van der Waals surface area contributed by atoms with Crippen LogP contribution in [0, 0.1) is 0 Å². The van der Waals surface area contributed by atoms with Crippen LogP contribution in [-0.2, 0) is 10.3 Å². The number of benzene rings is 3. The van der Waals surface area contributed by atoms with Crippen molar-refractivity contribution in [2.24, 2.45) is 0 Å². The van der Waals surface area contributed by atoms with Crippen LogP contribution in [0.1, 0.15) is 34.1 Å². The minimum Gasteiger partial charge on any atom is -0.461 e. The van der Waals surface area contributed by atoms with Gasteiger partial charge in [0.15, 0.2) is 5.69 Å². The lowest BCUT2D eigenvalue weighted by atomic mass is 9.77. The van der Waals surface area contributed by atoms with Crippen LogP contribution >= 0.6 is 15.9 Å². The summed E-state index contributed by atoms with van der Waals surface area (Å²) in [7, 11) is 0. The van der Waals surface area contributed by atoms with Gasteiger partial charge in [-0.25, -0.2) is 4.79 Å². The lowest BCUT2D eigenvalue weighted by Gasteiger charge is -2.36. The normalized spacial score (nSPS) is 11.3. The zero-order valence-electron chi connectivity index (χ0n) is 16.5. The Balaban J connectivity index is 2.06. The molecule has 0 spiro atoms. The molecule has 0 bridgehead atoms. The molecule has 30 heavy (non-hydrogen) atoms. The molecule has 0 fully saturated rings. The molecule has 4 nitrogen and oxygen atoms in total. The van der Waals surface area contributed by atoms with Crippen molar-refractivity contribution in [1.82, 2.24) is 9.78 Å². The van der Waals surface area contributed by atoms with Gasteiger partial charge in [-0.2, -0.15) is 5.10 Å². The van der Waals surface area contributed by atoms with Gasteiger partial charge < -0.3 is 4.74 Å². The van der Waals surface area contributed by atoms with Crippen molar-refractivity contribution < 1.29 is 9.53 Å². The molecule has 1 heterocycles. The smallest absolute Gasteiger partial charge is 0.360 e. The number of halogens is 1. The number of rotatable bonds is 6. The molecule has 0 saturated heterocycles. The fraction of sp³-hybridized carbons (Fsp3) is 0.120. The Morgan fingerprint density at radius 3 is 1.70 bits per heavy atom. The molecule has 3 aromatic carbocycles. The van der Waals surface area contributed by atoms with Crippen LogP contribution in [0.15, 0.2) is 102 Å². The average molecular weight is 461 g/mol. The van der Waals surface area contributed by atoms with E-state index in [-0.39, 0.29) is 5.69 Å². The molecule has 0 aliphatic carbocycles. The van der Waals surface area contributed by atoms with Gasteiger partial charge in [0, 0.05) is 6.20 Å². The summed E-state index contributed by atoms with van der Waals surface area (Å²) in [6.45, 7) is 2.07. The van der Waals surface area contributed by atoms with Gasteiger partial charge in [0.1, 0.15) is 5.54 Å². The highest BCUT2D eigenvalue weighted by Gasteiger charge is 2.40. The van der Waals surface area contributed by atoms with Gasteiger partial charge in [-0.3, -0.25) is 4.68 Å². The van der Waals surface area contributed by atoms with Crippen LogP contribution in [0.2, 0.25) is 0 Å². The van der Waals surface area contributed by atoms with Crippen molar-refractivity contribution in [2.75, 3.05) is 6.61 Å². The SMILES string of the molecule is CCOC(=O)c1nn(C(c2ccccc2)(c2ccccc2)c2ccccc2)cc1Br. The molecule has 0 unspecified atom stereocenters. The quantitative estimate of drug-likeness (QED) is 0.275. The van der Waals surface area contributed by atoms with E-state index in [9.17, 15) is 4.79 Å². The van der Waals surface area contributed by atoms with Crippen molar-refractivity contribution in [1.29, 1.82) is 0 Å². The molecule has 0 aliphatic rings. The highest BCUT2D eigenvalue weighted by Crippen LogP contribution is 2.41. The molecular formula is C25H21BrN2O2. The number of nitrogens with zero attached hydrogens (tertiary/aromatic N) is 2. The Kier molecular flexibility index (Phi) is 5.81. The Bertz CT molecular complexity index is 1030. The fourth-order valence-corrected chi connectivity index (χ4v) is 4.23. The standard InChI is InChI=1S/C25H21BrN2O2/c1-2-30-24(29)23-22(26)18-28(27-23)25(19-12-6-3-7-13-19,20-14-8-4-9-15-20)21-16-10-5-11-17-21/h3-18H,2H2,1H3. The summed E-state index contributed by atoms with van der Waals surface area (Å²) in [6, 6.07) is 30.6. The minimum absolute atomic E-state index is 0.254. The van der Waals surface area contributed by atoms with E-state index in [2.05, 4.69) is 52.3 Å². The molecule has 0 N–H and O–H groups in total. The zero-order valence-corrected chi connectivity index (χ0v) is 18.1. The second-order valence-corrected chi connectivity index (χ2v) is 7.65. The Hall–Kier alpha value is -3.18. The summed E-state index contributed by atoms with van der Waals surface area (Å²) in [5, 5.41) is 4.73. The zero-order chi connectivity index (χ0) is 21.0. The molecule has 5 heteroatoms. The summed E-state index contributed by atoms with van der Waals surface area (Å²) in [6.07, 6.45) is 1.85. The van der Waals surface area contributed by atoms with Crippen LogP contribution in [0.4, 0.5) is 0 Å². The first-order valence-electron chi connectivity index (χ1n) is 9.77. The van der Waals surface area contributed by atoms with Gasteiger partial charge in [0.25, 0.3) is 0 Å². The molecule has 4 aromatic rings. The van der Waals surface area contributed by atoms with E-state index in [1.807, 2.05) is 65.5 Å². The topological polar surface area (TPSA) is 44.1 Å². The largest absolute Gasteiger partial charge is 0.461 e. The predicted octanol–water partition coefficient (Wildman–Crippen LogP) is 5.66. The lowest BCUT2D eigenvalue weighted by Crippen LogP contribution is -2.38. The van der Waals surface area contributed by atoms with E-state index in [0.29, 0.717) is 11.1 Å². The molecule has 1 aromatic heterocycles. The summed E-state index contributed by atoms with van der Waals surface area (Å²) >= 11 is 3.51. The van der Waals surface area contributed by atoms with Crippen LogP contribution in [0.5, 0.6) is 0 Å². The first-order chi connectivity index (χ1) is 14.7. The summed E-state index contributed by atoms with van der Waals surface area (Å²) in [5.74, 6) is -0.453. The minimum atomic E-state index is -0.767. The number of carbonyl (C=O) groups is 1. The number of aromatic nitrogens is 2. The van der Waals surface area contributed by atoms with Crippen LogP contribution < -0.4 is 0 Å². The van der Waals surface area contributed by atoms with Crippen molar-refractivity contribution in [3.8, 4) is 0 Å². The third-order valence-corrected chi connectivity index (χ3v) is 5.64. The molecular weight excluding hydrogens is 440 g/mol. The second kappa shape index (κ2) is 8.67. The average Bonchev–Trinajstić information content (AvgIpc) is 3.18. The Morgan fingerprint density at radius 2 is 1.30 bits per heavy atom. The van der Waals surface area contributed by atoms with E-state index in [1.54, 1.807) is 6.92 Å². The monoisotopic (exact) mass is 460 g/mol. The molecule has 4 rings (SSSR count). The van der Waals surface area contributed by atoms with Crippen molar-refractivity contribution >= 4 is 21.9 Å². The van der Waals surface area contributed by atoms with E-state index < -0.39 is 11.5 Å². The first kappa shape index (κ1) is 20.1. The lowest BCUT2D eigenvalue weighted by molar-refractivity contribution is 0.0517. The first-order valence-corrected chi connectivity index (χ1v) is 10.6.